The Hall–Kier alpha value is -1.09. The van der Waals surface area contributed by atoms with Crippen LogP contribution in [0.25, 0.3) is 0 Å². The molecule has 3 heteroatoms. The molecular weight excluding hydrogens is 140 g/mol. The predicted molar refractivity (Wildman–Crippen MR) is 44.4 cm³/mol. The maximum atomic E-state index is 11.1. The van der Waals surface area contributed by atoms with Gasteiger partial charge in [-0.05, 0) is 25.5 Å². The van der Waals surface area contributed by atoms with Crippen molar-refractivity contribution in [1.29, 1.82) is 0 Å². The summed E-state index contributed by atoms with van der Waals surface area (Å²) in [5, 5.41) is 0. The molecule has 0 amide bonds. The molecule has 3 nitrogen and oxygen atoms in total. The highest BCUT2D eigenvalue weighted by Crippen LogP contribution is 2.03. The highest BCUT2D eigenvalue weighted by molar-refractivity contribution is 5.19. The van der Waals surface area contributed by atoms with Crippen LogP contribution in [-0.2, 0) is 0 Å². The normalized spacial score (nSPS) is 13.0. The smallest absolute Gasteiger partial charge is 0.252 e. The van der Waals surface area contributed by atoms with Crippen LogP contribution in [0.3, 0.4) is 0 Å². The third-order valence-corrected chi connectivity index (χ3v) is 1.57. The van der Waals surface area contributed by atoms with Crippen LogP contribution < -0.4 is 11.3 Å². The Kier molecular flexibility index (Phi) is 2.10. The number of aromatic amines is 1. The van der Waals surface area contributed by atoms with Gasteiger partial charge in [0.15, 0.2) is 0 Å². The maximum Gasteiger partial charge on any atom is 0.252 e. The summed E-state index contributed by atoms with van der Waals surface area (Å²) in [7, 11) is 0. The standard InChI is InChI=1S/C8H12N2O/c1-5-3-7(6(2)9)8(11)10-4-5/h3-4,6H,9H2,1-2H3,(H,10,11)/t6-/m1/s1. The average molecular weight is 152 g/mol. The van der Waals surface area contributed by atoms with Crippen molar-refractivity contribution in [2.75, 3.05) is 0 Å². The van der Waals surface area contributed by atoms with Crippen LogP contribution in [0.15, 0.2) is 17.1 Å². The molecule has 0 bridgehead atoms. The minimum atomic E-state index is -0.196. The molecule has 3 N–H and O–H groups in total. The molecule has 1 rings (SSSR count). The lowest BCUT2D eigenvalue weighted by molar-refractivity contribution is 0.798. The van der Waals surface area contributed by atoms with E-state index in [-0.39, 0.29) is 11.6 Å². The van der Waals surface area contributed by atoms with Crippen LogP contribution in [0.1, 0.15) is 24.1 Å². The molecule has 1 aromatic heterocycles. The molecule has 11 heavy (non-hydrogen) atoms. The molecule has 0 spiro atoms. The van der Waals surface area contributed by atoms with Gasteiger partial charge >= 0.3 is 0 Å². The summed E-state index contributed by atoms with van der Waals surface area (Å²) in [5.41, 5.74) is 7.14. The van der Waals surface area contributed by atoms with E-state index >= 15 is 0 Å². The molecule has 0 radical (unpaired) electrons. The van der Waals surface area contributed by atoms with Crippen LogP contribution in [0, 0.1) is 6.92 Å². The van der Waals surface area contributed by atoms with E-state index in [2.05, 4.69) is 4.98 Å². The Bertz CT molecular complexity index is 301. The van der Waals surface area contributed by atoms with Crippen molar-refractivity contribution in [2.24, 2.45) is 5.73 Å². The Balaban J connectivity index is 3.24. The van der Waals surface area contributed by atoms with Gasteiger partial charge in [-0.1, -0.05) is 0 Å². The fraction of sp³-hybridized carbons (Fsp3) is 0.375. The first-order chi connectivity index (χ1) is 5.11. The monoisotopic (exact) mass is 152 g/mol. The van der Waals surface area contributed by atoms with E-state index in [0.29, 0.717) is 5.56 Å². The molecule has 0 saturated heterocycles. The largest absolute Gasteiger partial charge is 0.329 e. The van der Waals surface area contributed by atoms with Gasteiger partial charge < -0.3 is 10.7 Å². The van der Waals surface area contributed by atoms with E-state index in [1.54, 1.807) is 13.1 Å². The lowest BCUT2D eigenvalue weighted by Crippen LogP contribution is -2.19. The summed E-state index contributed by atoms with van der Waals surface area (Å²) < 4.78 is 0. The Morgan fingerprint density at radius 3 is 2.73 bits per heavy atom. The molecular formula is C8H12N2O. The zero-order valence-electron chi connectivity index (χ0n) is 6.72. The molecule has 0 saturated carbocycles. The number of hydrogen-bond donors (Lipinski definition) is 2. The molecule has 60 valence electrons. The van der Waals surface area contributed by atoms with Crippen molar-refractivity contribution in [3.63, 3.8) is 0 Å². The number of pyridine rings is 1. The van der Waals surface area contributed by atoms with Gasteiger partial charge in [0, 0.05) is 17.8 Å². The number of aryl methyl sites for hydroxylation is 1. The van der Waals surface area contributed by atoms with E-state index in [0.717, 1.165) is 5.56 Å². The van der Waals surface area contributed by atoms with Crippen LogP contribution in [-0.4, -0.2) is 4.98 Å². The maximum absolute atomic E-state index is 11.1. The number of H-pyrrole nitrogens is 1. The molecule has 0 fully saturated rings. The fourth-order valence-electron chi connectivity index (χ4n) is 0.953. The molecule has 1 heterocycles. The van der Waals surface area contributed by atoms with E-state index in [9.17, 15) is 4.79 Å². The average Bonchev–Trinajstić information content (AvgIpc) is 1.94. The van der Waals surface area contributed by atoms with Crippen LogP contribution in [0.5, 0.6) is 0 Å². The predicted octanol–water partition coefficient (Wildman–Crippen LogP) is 0.703. The first-order valence-corrected chi connectivity index (χ1v) is 3.56. The first kappa shape index (κ1) is 8.01. The summed E-state index contributed by atoms with van der Waals surface area (Å²) in [5.74, 6) is 0. The third-order valence-electron chi connectivity index (χ3n) is 1.57. The minimum absolute atomic E-state index is 0.0920. The van der Waals surface area contributed by atoms with Crippen LogP contribution >= 0.6 is 0 Å². The van der Waals surface area contributed by atoms with Crippen LogP contribution in [0.2, 0.25) is 0 Å². The molecule has 1 aromatic rings. The number of nitrogens with one attached hydrogen (secondary N) is 1. The van der Waals surface area contributed by atoms with Gasteiger partial charge in [-0.2, -0.15) is 0 Å². The SMILES string of the molecule is Cc1c[nH]c(=O)c([C@@H](C)N)c1. The summed E-state index contributed by atoms with van der Waals surface area (Å²) in [6.07, 6.45) is 1.67. The number of aromatic nitrogens is 1. The van der Waals surface area contributed by atoms with E-state index in [4.69, 9.17) is 5.73 Å². The number of rotatable bonds is 1. The summed E-state index contributed by atoms with van der Waals surface area (Å²) in [6, 6.07) is 1.61. The van der Waals surface area contributed by atoms with Crippen LogP contribution in [0.4, 0.5) is 0 Å². The molecule has 0 aliphatic rings. The van der Waals surface area contributed by atoms with Gasteiger partial charge in [0.05, 0.1) is 0 Å². The van der Waals surface area contributed by atoms with Crippen molar-refractivity contribution in [3.8, 4) is 0 Å². The second-order valence-electron chi connectivity index (χ2n) is 2.75. The van der Waals surface area contributed by atoms with Gasteiger partial charge in [0.1, 0.15) is 0 Å². The fourth-order valence-corrected chi connectivity index (χ4v) is 0.953. The summed E-state index contributed by atoms with van der Waals surface area (Å²) in [4.78, 5) is 13.7. The highest BCUT2D eigenvalue weighted by Gasteiger charge is 2.03. The number of nitrogens with two attached hydrogens (primary N) is 1. The van der Waals surface area contributed by atoms with Crippen molar-refractivity contribution in [3.05, 3.63) is 33.7 Å². The third kappa shape index (κ3) is 1.68. The molecule has 1 atom stereocenters. The Labute approximate surface area is 65.2 Å². The second kappa shape index (κ2) is 2.88. The molecule has 0 aliphatic heterocycles. The van der Waals surface area contributed by atoms with Gasteiger partial charge in [0.25, 0.3) is 5.56 Å². The lowest BCUT2D eigenvalue weighted by Gasteiger charge is -2.03. The zero-order chi connectivity index (χ0) is 8.43. The zero-order valence-corrected chi connectivity index (χ0v) is 6.72. The Morgan fingerprint density at radius 1 is 1.64 bits per heavy atom. The number of hydrogen-bond acceptors (Lipinski definition) is 2. The van der Waals surface area contributed by atoms with E-state index in [1.807, 2.05) is 13.0 Å². The van der Waals surface area contributed by atoms with Crippen molar-refractivity contribution >= 4 is 0 Å². The van der Waals surface area contributed by atoms with Crippen molar-refractivity contribution in [1.82, 2.24) is 4.98 Å². The van der Waals surface area contributed by atoms with Gasteiger partial charge in [-0.25, -0.2) is 0 Å². The first-order valence-electron chi connectivity index (χ1n) is 3.56. The van der Waals surface area contributed by atoms with E-state index in [1.165, 1.54) is 0 Å². The van der Waals surface area contributed by atoms with Gasteiger partial charge in [0.2, 0.25) is 0 Å². The Morgan fingerprint density at radius 2 is 2.27 bits per heavy atom. The topological polar surface area (TPSA) is 58.9 Å². The summed E-state index contributed by atoms with van der Waals surface area (Å²) >= 11 is 0. The van der Waals surface area contributed by atoms with E-state index < -0.39 is 0 Å². The van der Waals surface area contributed by atoms with Crippen molar-refractivity contribution < 1.29 is 0 Å². The minimum Gasteiger partial charge on any atom is -0.329 e. The molecule has 0 unspecified atom stereocenters. The lowest BCUT2D eigenvalue weighted by atomic mass is 10.1. The van der Waals surface area contributed by atoms with Crippen molar-refractivity contribution in [2.45, 2.75) is 19.9 Å². The van der Waals surface area contributed by atoms with Gasteiger partial charge in [-0.15, -0.1) is 0 Å². The molecule has 0 aromatic carbocycles. The second-order valence-corrected chi connectivity index (χ2v) is 2.75. The molecule has 0 aliphatic carbocycles. The quantitative estimate of drug-likeness (QED) is 0.622. The van der Waals surface area contributed by atoms with Gasteiger partial charge in [-0.3, -0.25) is 4.79 Å². The summed E-state index contributed by atoms with van der Waals surface area (Å²) in [6.45, 7) is 3.71. The highest BCUT2D eigenvalue weighted by atomic mass is 16.1.